The Morgan fingerprint density at radius 2 is 1.73 bits per heavy atom. The number of aromatic nitrogens is 1. The van der Waals surface area contributed by atoms with Crippen LogP contribution in [0.1, 0.15) is 33.6 Å². The van der Waals surface area contributed by atoms with Gasteiger partial charge in [-0.2, -0.15) is 0 Å². The van der Waals surface area contributed by atoms with Crippen LogP contribution in [0.25, 0.3) is 10.9 Å². The highest BCUT2D eigenvalue weighted by atomic mass is 16.6. The maximum Gasteiger partial charge on any atom is 0.311 e. The maximum absolute atomic E-state index is 11.9. The van der Waals surface area contributed by atoms with Crippen molar-refractivity contribution in [2.75, 3.05) is 0 Å². The fraction of sp³-hybridized carbons (Fsp3) is 0.353. The smallest absolute Gasteiger partial charge is 0.311 e. The van der Waals surface area contributed by atoms with Gasteiger partial charge in [0.1, 0.15) is 11.4 Å². The largest absolute Gasteiger partial charge is 0.460 e. The van der Waals surface area contributed by atoms with Crippen molar-refractivity contribution in [3.8, 4) is 5.75 Å². The average molecular weight is 301 g/mol. The van der Waals surface area contributed by atoms with Crippen molar-refractivity contribution < 1.29 is 19.1 Å². The molecule has 2 rings (SSSR count). The molecule has 1 aromatic heterocycles. The molecule has 0 unspecified atom stereocenters. The van der Waals surface area contributed by atoms with Crippen molar-refractivity contribution in [2.24, 2.45) is 0 Å². The zero-order chi connectivity index (χ0) is 16.2. The van der Waals surface area contributed by atoms with Crippen LogP contribution in [0, 0.1) is 0 Å². The minimum absolute atomic E-state index is 0.000874. The lowest BCUT2D eigenvalue weighted by molar-refractivity contribution is -0.156. The highest BCUT2D eigenvalue weighted by Gasteiger charge is 2.18. The van der Waals surface area contributed by atoms with Gasteiger partial charge in [0, 0.05) is 11.6 Å². The molecule has 0 aliphatic heterocycles. The fourth-order valence-corrected chi connectivity index (χ4v) is 1.93. The predicted molar refractivity (Wildman–Crippen MR) is 82.5 cm³/mol. The number of fused-ring (bicyclic) bond motifs is 1. The number of rotatable bonds is 4. The highest BCUT2D eigenvalue weighted by molar-refractivity contribution is 5.88. The molecule has 0 bridgehead atoms. The Balaban J connectivity index is 1.96. The summed E-state index contributed by atoms with van der Waals surface area (Å²) in [7, 11) is 0. The first-order chi connectivity index (χ1) is 10.3. The second-order valence-electron chi connectivity index (χ2n) is 5.89. The van der Waals surface area contributed by atoms with E-state index >= 15 is 0 Å². The van der Waals surface area contributed by atoms with Gasteiger partial charge in [0.2, 0.25) is 0 Å². The summed E-state index contributed by atoms with van der Waals surface area (Å²) in [4.78, 5) is 27.7. The standard InChI is InChI=1S/C17H19NO4/c1-17(2,3)22-16(20)9-8-15(19)21-14-10-11-18-13-7-5-4-6-12(13)14/h4-7,10-11H,8-9H2,1-3H3. The lowest BCUT2D eigenvalue weighted by Crippen LogP contribution is -2.24. The summed E-state index contributed by atoms with van der Waals surface area (Å²) in [6, 6.07) is 9.02. The topological polar surface area (TPSA) is 65.5 Å². The average Bonchev–Trinajstić information content (AvgIpc) is 2.44. The molecule has 5 nitrogen and oxygen atoms in total. The van der Waals surface area contributed by atoms with Gasteiger partial charge < -0.3 is 9.47 Å². The van der Waals surface area contributed by atoms with E-state index in [0.29, 0.717) is 5.75 Å². The van der Waals surface area contributed by atoms with E-state index in [2.05, 4.69) is 4.98 Å². The van der Waals surface area contributed by atoms with Gasteiger partial charge in [-0.05, 0) is 39.0 Å². The number of hydrogen-bond acceptors (Lipinski definition) is 5. The van der Waals surface area contributed by atoms with Crippen molar-refractivity contribution >= 4 is 22.8 Å². The number of nitrogens with zero attached hydrogens (tertiary/aromatic N) is 1. The van der Waals surface area contributed by atoms with Gasteiger partial charge in [0.15, 0.2) is 0 Å². The molecule has 0 spiro atoms. The van der Waals surface area contributed by atoms with Crippen molar-refractivity contribution in [1.82, 2.24) is 4.98 Å². The molecule has 116 valence electrons. The van der Waals surface area contributed by atoms with E-state index in [-0.39, 0.29) is 12.8 Å². The minimum atomic E-state index is -0.553. The highest BCUT2D eigenvalue weighted by Crippen LogP contribution is 2.23. The van der Waals surface area contributed by atoms with Crippen LogP contribution in [-0.4, -0.2) is 22.5 Å². The molecule has 0 atom stereocenters. The molecular weight excluding hydrogens is 282 g/mol. The minimum Gasteiger partial charge on any atom is -0.460 e. The third-order valence-electron chi connectivity index (χ3n) is 2.79. The van der Waals surface area contributed by atoms with Crippen LogP contribution in [0.4, 0.5) is 0 Å². The van der Waals surface area contributed by atoms with Gasteiger partial charge in [-0.25, -0.2) is 0 Å². The number of pyridine rings is 1. The Labute approximate surface area is 129 Å². The Hall–Kier alpha value is -2.43. The molecule has 0 radical (unpaired) electrons. The maximum atomic E-state index is 11.9. The first kappa shape index (κ1) is 15.9. The third-order valence-corrected chi connectivity index (χ3v) is 2.79. The second kappa shape index (κ2) is 6.56. The van der Waals surface area contributed by atoms with E-state index in [4.69, 9.17) is 9.47 Å². The summed E-state index contributed by atoms with van der Waals surface area (Å²) in [5.41, 5.74) is 0.197. The molecule has 0 saturated heterocycles. The Bertz CT molecular complexity index is 683. The van der Waals surface area contributed by atoms with Crippen LogP contribution in [0.15, 0.2) is 36.5 Å². The monoisotopic (exact) mass is 301 g/mol. The number of ether oxygens (including phenoxy) is 2. The van der Waals surface area contributed by atoms with E-state index in [0.717, 1.165) is 10.9 Å². The van der Waals surface area contributed by atoms with Crippen LogP contribution < -0.4 is 4.74 Å². The van der Waals surface area contributed by atoms with Crippen molar-refractivity contribution in [2.45, 2.75) is 39.2 Å². The van der Waals surface area contributed by atoms with E-state index in [1.165, 1.54) is 0 Å². The summed E-state index contributed by atoms with van der Waals surface area (Å²) >= 11 is 0. The molecule has 2 aromatic rings. The lowest BCUT2D eigenvalue weighted by atomic mass is 10.2. The van der Waals surface area contributed by atoms with Crippen LogP contribution >= 0.6 is 0 Å². The number of hydrogen-bond donors (Lipinski definition) is 0. The van der Waals surface area contributed by atoms with Crippen LogP contribution in [0.2, 0.25) is 0 Å². The number of para-hydroxylation sites is 1. The van der Waals surface area contributed by atoms with Gasteiger partial charge in [-0.3, -0.25) is 14.6 Å². The van der Waals surface area contributed by atoms with Crippen LogP contribution in [0.3, 0.4) is 0 Å². The van der Waals surface area contributed by atoms with Gasteiger partial charge >= 0.3 is 11.9 Å². The number of carbonyl (C=O) groups excluding carboxylic acids is 2. The molecule has 0 aliphatic carbocycles. The molecular formula is C17H19NO4. The second-order valence-corrected chi connectivity index (χ2v) is 5.89. The molecule has 0 N–H and O–H groups in total. The molecule has 1 aromatic carbocycles. The van der Waals surface area contributed by atoms with Gasteiger partial charge in [0.05, 0.1) is 18.4 Å². The molecule has 22 heavy (non-hydrogen) atoms. The first-order valence-electron chi connectivity index (χ1n) is 7.11. The van der Waals surface area contributed by atoms with Crippen molar-refractivity contribution in [3.63, 3.8) is 0 Å². The molecule has 0 amide bonds. The fourth-order valence-electron chi connectivity index (χ4n) is 1.93. The Kier molecular flexibility index (Phi) is 4.75. The summed E-state index contributed by atoms with van der Waals surface area (Å²) in [6.07, 6.45) is 1.56. The van der Waals surface area contributed by atoms with Gasteiger partial charge in [-0.1, -0.05) is 12.1 Å². The summed E-state index contributed by atoms with van der Waals surface area (Å²) < 4.78 is 10.5. The lowest BCUT2D eigenvalue weighted by Gasteiger charge is -2.19. The first-order valence-corrected chi connectivity index (χ1v) is 7.11. The van der Waals surface area contributed by atoms with Gasteiger partial charge in [0.25, 0.3) is 0 Å². The van der Waals surface area contributed by atoms with Crippen LogP contribution in [-0.2, 0) is 14.3 Å². The third kappa shape index (κ3) is 4.55. The number of carbonyl (C=O) groups is 2. The molecule has 0 saturated carbocycles. The zero-order valence-corrected chi connectivity index (χ0v) is 13.0. The Morgan fingerprint density at radius 3 is 2.45 bits per heavy atom. The summed E-state index contributed by atoms with van der Waals surface area (Å²) in [6.45, 7) is 5.35. The van der Waals surface area contributed by atoms with E-state index in [1.54, 1.807) is 33.0 Å². The van der Waals surface area contributed by atoms with E-state index < -0.39 is 17.5 Å². The molecule has 0 fully saturated rings. The normalized spacial score (nSPS) is 11.2. The molecule has 0 aliphatic rings. The predicted octanol–water partition coefficient (Wildman–Crippen LogP) is 3.26. The number of esters is 2. The summed E-state index contributed by atoms with van der Waals surface area (Å²) in [5.74, 6) is -0.439. The van der Waals surface area contributed by atoms with Gasteiger partial charge in [-0.15, -0.1) is 0 Å². The van der Waals surface area contributed by atoms with E-state index in [1.807, 2.05) is 24.3 Å². The van der Waals surface area contributed by atoms with Crippen LogP contribution in [0.5, 0.6) is 5.75 Å². The van der Waals surface area contributed by atoms with E-state index in [9.17, 15) is 9.59 Å². The van der Waals surface area contributed by atoms with Crippen molar-refractivity contribution in [1.29, 1.82) is 0 Å². The zero-order valence-electron chi connectivity index (χ0n) is 13.0. The van der Waals surface area contributed by atoms with Crippen molar-refractivity contribution in [3.05, 3.63) is 36.5 Å². The molecule has 1 heterocycles. The Morgan fingerprint density at radius 1 is 1.05 bits per heavy atom. The number of benzene rings is 1. The molecule has 5 heteroatoms. The quantitative estimate of drug-likeness (QED) is 0.811. The SMILES string of the molecule is CC(C)(C)OC(=O)CCC(=O)Oc1ccnc2ccccc12. The summed E-state index contributed by atoms with van der Waals surface area (Å²) in [5, 5.41) is 0.760.